The third kappa shape index (κ3) is 1.49. The van der Waals surface area contributed by atoms with Crippen LogP contribution in [0, 0.1) is 16.7 Å². The second-order valence-corrected chi connectivity index (χ2v) is 3.67. The summed E-state index contributed by atoms with van der Waals surface area (Å²) >= 11 is 0. The van der Waals surface area contributed by atoms with Crippen molar-refractivity contribution >= 4 is 0 Å². The first-order valence-corrected chi connectivity index (χ1v) is 4.58. The molecule has 1 atom stereocenters. The second kappa shape index (κ2) is 3.39. The van der Waals surface area contributed by atoms with E-state index in [1.54, 1.807) is 4.68 Å². The quantitative estimate of drug-likeness (QED) is 0.675. The Morgan fingerprint density at radius 2 is 2.64 bits per heavy atom. The molecule has 0 radical (unpaired) electrons. The fourth-order valence-electron chi connectivity index (χ4n) is 1.66. The molecule has 5 nitrogen and oxygen atoms in total. The minimum atomic E-state index is -0.388. The molecule has 0 aromatic carbocycles. The molecule has 1 unspecified atom stereocenters. The van der Waals surface area contributed by atoms with Gasteiger partial charge in [-0.2, -0.15) is 10.4 Å². The lowest BCUT2D eigenvalue weighted by Gasteiger charge is -2.16. The monoisotopic (exact) mass is 192 g/mol. The van der Waals surface area contributed by atoms with Gasteiger partial charge in [-0.3, -0.25) is 4.68 Å². The predicted octanol–water partition coefficient (Wildman–Crippen LogP) is 0.288. The van der Waals surface area contributed by atoms with E-state index in [1.807, 2.05) is 7.05 Å². The van der Waals surface area contributed by atoms with Crippen LogP contribution in [-0.4, -0.2) is 28.0 Å². The molecule has 0 bridgehead atoms. The summed E-state index contributed by atoms with van der Waals surface area (Å²) in [4.78, 5) is 4.12. The van der Waals surface area contributed by atoms with E-state index in [-0.39, 0.29) is 5.41 Å². The van der Waals surface area contributed by atoms with Crippen molar-refractivity contribution in [2.24, 2.45) is 12.5 Å². The fourth-order valence-corrected chi connectivity index (χ4v) is 1.66. The van der Waals surface area contributed by atoms with Crippen LogP contribution in [0.2, 0.25) is 0 Å². The van der Waals surface area contributed by atoms with Crippen molar-refractivity contribution < 1.29 is 4.74 Å². The number of hydrogen-bond donors (Lipinski definition) is 0. The van der Waals surface area contributed by atoms with Gasteiger partial charge in [-0.15, -0.1) is 0 Å². The molecule has 0 N–H and O–H groups in total. The zero-order valence-electron chi connectivity index (χ0n) is 8.10. The maximum absolute atomic E-state index is 9.12. The third-order valence-corrected chi connectivity index (χ3v) is 2.64. The van der Waals surface area contributed by atoms with Gasteiger partial charge in [0, 0.05) is 20.1 Å². The number of hydrogen-bond acceptors (Lipinski definition) is 4. The summed E-state index contributed by atoms with van der Waals surface area (Å²) in [7, 11) is 1.84. The highest BCUT2D eigenvalue weighted by Crippen LogP contribution is 2.30. The van der Waals surface area contributed by atoms with Crippen molar-refractivity contribution in [3.05, 3.63) is 12.2 Å². The van der Waals surface area contributed by atoms with Gasteiger partial charge >= 0.3 is 0 Å². The van der Waals surface area contributed by atoms with Gasteiger partial charge < -0.3 is 4.74 Å². The summed E-state index contributed by atoms with van der Waals surface area (Å²) in [6.45, 7) is 1.18. The van der Waals surface area contributed by atoms with Gasteiger partial charge in [-0.25, -0.2) is 4.98 Å². The van der Waals surface area contributed by atoms with E-state index in [0.29, 0.717) is 19.6 Å². The molecule has 5 heteroatoms. The lowest BCUT2D eigenvalue weighted by molar-refractivity contribution is 0.170. The van der Waals surface area contributed by atoms with Crippen molar-refractivity contribution in [1.82, 2.24) is 14.8 Å². The Morgan fingerprint density at radius 3 is 3.14 bits per heavy atom. The first-order chi connectivity index (χ1) is 6.76. The fraction of sp³-hybridized carbons (Fsp3) is 0.667. The summed E-state index contributed by atoms with van der Waals surface area (Å²) in [5.41, 5.74) is -0.388. The number of ether oxygens (including phenoxy) is 1. The normalized spacial score (nSPS) is 26.3. The van der Waals surface area contributed by atoms with Crippen LogP contribution in [0.15, 0.2) is 6.33 Å². The SMILES string of the molecule is Cn1ncnc1CC1(C#N)CCOC1. The third-order valence-electron chi connectivity index (χ3n) is 2.64. The highest BCUT2D eigenvalue weighted by molar-refractivity contribution is 5.07. The molecule has 2 heterocycles. The van der Waals surface area contributed by atoms with Gasteiger partial charge in [-0.05, 0) is 6.42 Å². The first-order valence-electron chi connectivity index (χ1n) is 4.58. The average molecular weight is 192 g/mol. The number of aryl methyl sites for hydroxylation is 1. The van der Waals surface area contributed by atoms with E-state index >= 15 is 0 Å². The Labute approximate surface area is 82.3 Å². The Morgan fingerprint density at radius 1 is 1.79 bits per heavy atom. The summed E-state index contributed by atoms with van der Waals surface area (Å²) in [5, 5.41) is 13.1. The average Bonchev–Trinajstić information content (AvgIpc) is 2.79. The maximum Gasteiger partial charge on any atom is 0.138 e. The number of rotatable bonds is 2. The maximum atomic E-state index is 9.12. The predicted molar refractivity (Wildman–Crippen MR) is 48.2 cm³/mol. The van der Waals surface area contributed by atoms with Crippen molar-refractivity contribution in [2.45, 2.75) is 12.8 Å². The molecule has 1 saturated heterocycles. The number of nitrogens with zero attached hydrogens (tertiary/aromatic N) is 4. The van der Waals surface area contributed by atoms with Crippen LogP contribution < -0.4 is 0 Å². The standard InChI is InChI=1S/C9H12N4O/c1-13-8(11-7-12-13)4-9(5-10)2-3-14-6-9/h7H,2-4,6H2,1H3. The molecular weight excluding hydrogens is 180 g/mol. The van der Waals surface area contributed by atoms with Crippen LogP contribution in [0.1, 0.15) is 12.2 Å². The Hall–Kier alpha value is -1.41. The summed E-state index contributed by atoms with van der Waals surface area (Å²) < 4.78 is 6.97. The molecular formula is C9H12N4O. The van der Waals surface area contributed by atoms with Crippen molar-refractivity contribution in [2.75, 3.05) is 13.2 Å². The Kier molecular flexibility index (Phi) is 2.22. The highest BCUT2D eigenvalue weighted by atomic mass is 16.5. The zero-order chi connectivity index (χ0) is 10.0. The van der Waals surface area contributed by atoms with Gasteiger partial charge in [0.1, 0.15) is 12.2 Å². The smallest absolute Gasteiger partial charge is 0.138 e. The van der Waals surface area contributed by atoms with Gasteiger partial charge in [0.2, 0.25) is 0 Å². The Balaban J connectivity index is 2.17. The van der Waals surface area contributed by atoms with Gasteiger partial charge in [0.25, 0.3) is 0 Å². The van der Waals surface area contributed by atoms with E-state index < -0.39 is 0 Å². The molecule has 0 saturated carbocycles. The molecule has 1 aromatic heterocycles. The molecule has 0 amide bonds. The van der Waals surface area contributed by atoms with Crippen molar-refractivity contribution in [3.63, 3.8) is 0 Å². The molecule has 0 spiro atoms. The highest BCUT2D eigenvalue weighted by Gasteiger charge is 2.36. The summed E-state index contributed by atoms with van der Waals surface area (Å²) in [5.74, 6) is 0.844. The van der Waals surface area contributed by atoms with Crippen molar-refractivity contribution in [1.29, 1.82) is 5.26 Å². The van der Waals surface area contributed by atoms with Crippen LogP contribution >= 0.6 is 0 Å². The van der Waals surface area contributed by atoms with Crippen LogP contribution in [0.3, 0.4) is 0 Å². The first kappa shape index (κ1) is 9.16. The van der Waals surface area contributed by atoms with Crippen LogP contribution in [-0.2, 0) is 18.2 Å². The van der Waals surface area contributed by atoms with Gasteiger partial charge in [0.05, 0.1) is 18.1 Å². The van der Waals surface area contributed by atoms with Crippen LogP contribution in [0.4, 0.5) is 0 Å². The minimum Gasteiger partial charge on any atom is -0.380 e. The van der Waals surface area contributed by atoms with Crippen LogP contribution in [0.25, 0.3) is 0 Å². The lowest BCUT2D eigenvalue weighted by Crippen LogP contribution is -2.23. The van der Waals surface area contributed by atoms with E-state index in [0.717, 1.165) is 12.2 Å². The molecule has 1 aliphatic rings. The lowest BCUT2D eigenvalue weighted by atomic mass is 9.85. The molecule has 1 fully saturated rings. The Bertz CT molecular complexity index is 359. The van der Waals surface area contributed by atoms with E-state index in [1.165, 1.54) is 6.33 Å². The number of nitriles is 1. The molecule has 74 valence electrons. The largest absolute Gasteiger partial charge is 0.380 e. The van der Waals surface area contributed by atoms with Gasteiger partial charge in [-0.1, -0.05) is 0 Å². The van der Waals surface area contributed by atoms with E-state index in [9.17, 15) is 0 Å². The summed E-state index contributed by atoms with van der Waals surface area (Å²) in [6, 6.07) is 2.34. The van der Waals surface area contributed by atoms with Crippen LogP contribution in [0.5, 0.6) is 0 Å². The zero-order valence-corrected chi connectivity index (χ0v) is 8.10. The molecule has 1 aromatic rings. The molecule has 1 aliphatic heterocycles. The summed E-state index contributed by atoms with van der Waals surface area (Å²) in [6.07, 6.45) is 2.92. The number of aromatic nitrogens is 3. The molecule has 14 heavy (non-hydrogen) atoms. The van der Waals surface area contributed by atoms with Crippen molar-refractivity contribution in [3.8, 4) is 6.07 Å². The minimum absolute atomic E-state index is 0.388. The molecule has 2 rings (SSSR count). The molecule has 0 aliphatic carbocycles. The van der Waals surface area contributed by atoms with E-state index in [2.05, 4.69) is 16.2 Å². The van der Waals surface area contributed by atoms with E-state index in [4.69, 9.17) is 10.00 Å². The second-order valence-electron chi connectivity index (χ2n) is 3.67. The topological polar surface area (TPSA) is 63.7 Å². The van der Waals surface area contributed by atoms with Gasteiger partial charge in [0.15, 0.2) is 0 Å².